The summed E-state index contributed by atoms with van der Waals surface area (Å²) >= 11 is 0. The first-order valence-electron chi connectivity index (χ1n) is 2.27. The Kier molecular flexibility index (Phi) is 2.38. The molecular formula is HNO8P3-3. The molecule has 1 fully saturated rings. The van der Waals surface area contributed by atoms with Crippen LogP contribution in [0.4, 0.5) is 0 Å². The summed E-state index contributed by atoms with van der Waals surface area (Å²) in [5.74, 6) is 0. The molecule has 9 nitrogen and oxygen atoms in total. The molecule has 0 aromatic heterocycles. The fraction of sp³-hybridized carbons (Fsp3) is 0. The summed E-state index contributed by atoms with van der Waals surface area (Å²) in [7, 11) is -15.5. The second-order valence-corrected chi connectivity index (χ2v) is 6.70. The van der Waals surface area contributed by atoms with Crippen molar-refractivity contribution in [1.82, 2.24) is 4.86 Å². The lowest BCUT2D eigenvalue weighted by atomic mass is 13.9. The second kappa shape index (κ2) is 2.72. The van der Waals surface area contributed by atoms with Crippen LogP contribution in [0, 0.1) is 0 Å². The molecule has 1 N–H and O–H groups in total. The molecule has 0 spiro atoms. The maximum absolute atomic E-state index is 10.4. The maximum atomic E-state index is 10.4. The average molecular weight is 236 g/mol. The van der Waals surface area contributed by atoms with Gasteiger partial charge in [0.2, 0.25) is 15.5 Å². The zero-order chi connectivity index (χ0) is 9.62. The Bertz CT molecular complexity index is 259. The van der Waals surface area contributed by atoms with E-state index >= 15 is 0 Å². The van der Waals surface area contributed by atoms with E-state index in [2.05, 4.69) is 8.62 Å². The molecular weight excluding hydrogens is 235 g/mol. The molecule has 0 radical (unpaired) electrons. The normalized spacial score (nSPS) is 55.2. The van der Waals surface area contributed by atoms with Gasteiger partial charge in [-0.3, -0.25) is 22.3 Å². The highest BCUT2D eigenvalue weighted by atomic mass is 31.3. The predicted octanol–water partition coefficient (Wildman–Crippen LogP) is -1.97. The Morgan fingerprint density at radius 1 is 0.917 bits per heavy atom. The topological polar surface area (TPSA) is 151 Å². The molecule has 0 amide bonds. The van der Waals surface area contributed by atoms with E-state index in [0.29, 0.717) is 0 Å². The van der Waals surface area contributed by atoms with Crippen molar-refractivity contribution in [3.63, 3.8) is 0 Å². The fourth-order valence-corrected chi connectivity index (χ4v) is 5.11. The van der Waals surface area contributed by atoms with Crippen molar-refractivity contribution in [2.45, 2.75) is 0 Å². The third-order valence-electron chi connectivity index (χ3n) is 0.660. The molecule has 12 heavy (non-hydrogen) atoms. The molecule has 1 aliphatic rings. The minimum Gasteiger partial charge on any atom is -0.766 e. The molecule has 1 rings (SSSR count). The molecule has 72 valence electrons. The molecule has 0 aromatic carbocycles. The molecule has 1 saturated heterocycles. The number of nitrogens with one attached hydrogen (secondary N) is 1. The Balaban J connectivity index is 3.05. The molecule has 12 heteroatoms. The molecule has 2 atom stereocenters. The molecule has 1 aliphatic heterocycles. The van der Waals surface area contributed by atoms with Crippen LogP contribution in [0.2, 0.25) is 0 Å². The molecule has 0 bridgehead atoms. The van der Waals surface area contributed by atoms with Crippen molar-refractivity contribution in [3.8, 4) is 0 Å². The van der Waals surface area contributed by atoms with Crippen molar-refractivity contribution in [3.05, 3.63) is 0 Å². The molecule has 0 aromatic rings. The smallest absolute Gasteiger partial charge is 0.279 e. The van der Waals surface area contributed by atoms with Gasteiger partial charge in [0.15, 0.2) is 0 Å². The van der Waals surface area contributed by atoms with Crippen molar-refractivity contribution < 1.29 is 37.0 Å². The first-order valence-corrected chi connectivity index (χ1v) is 6.82. The lowest BCUT2D eigenvalue weighted by molar-refractivity contribution is -0.244. The number of phosphoric acid groups is 1. The third kappa shape index (κ3) is 2.74. The third-order valence-corrected chi connectivity index (χ3v) is 5.94. The van der Waals surface area contributed by atoms with Crippen LogP contribution < -0.4 is 19.5 Å². The van der Waals surface area contributed by atoms with Crippen LogP contribution in [0.5, 0.6) is 0 Å². The second-order valence-electron chi connectivity index (χ2n) is 1.71. The van der Waals surface area contributed by atoms with Crippen LogP contribution >= 0.6 is 23.3 Å². The van der Waals surface area contributed by atoms with E-state index < -0.39 is 23.3 Å². The van der Waals surface area contributed by atoms with Crippen LogP contribution in [0.15, 0.2) is 0 Å². The molecule has 0 aliphatic carbocycles. The zero-order valence-electron chi connectivity index (χ0n) is 5.11. The van der Waals surface area contributed by atoms with E-state index in [0.717, 1.165) is 4.86 Å². The molecule has 0 saturated carbocycles. The van der Waals surface area contributed by atoms with E-state index in [-0.39, 0.29) is 0 Å². The SMILES string of the molecule is O=P1([O-])NP(=O)([O-])OP(=O)([O-])O1. The van der Waals surface area contributed by atoms with Gasteiger partial charge in [-0.1, -0.05) is 0 Å². The van der Waals surface area contributed by atoms with Gasteiger partial charge in [-0.15, -0.1) is 0 Å². The minimum atomic E-state index is -5.29. The van der Waals surface area contributed by atoms with Crippen molar-refractivity contribution in [2.24, 2.45) is 0 Å². The number of rotatable bonds is 0. The zero-order valence-corrected chi connectivity index (χ0v) is 7.79. The predicted molar refractivity (Wildman–Crippen MR) is 28.1 cm³/mol. The maximum Gasteiger partial charge on any atom is 0.279 e. The van der Waals surface area contributed by atoms with Gasteiger partial charge in [-0.2, -0.15) is 4.86 Å². The number of hydrogen-bond donors (Lipinski definition) is 1. The summed E-state index contributed by atoms with van der Waals surface area (Å²) in [6.45, 7) is 0. The Morgan fingerprint density at radius 3 is 1.50 bits per heavy atom. The highest BCUT2D eigenvalue weighted by Gasteiger charge is 2.33. The summed E-state index contributed by atoms with van der Waals surface area (Å²) < 4.78 is 37.6. The highest BCUT2D eigenvalue weighted by molar-refractivity contribution is 7.76. The van der Waals surface area contributed by atoms with E-state index in [9.17, 15) is 28.4 Å². The van der Waals surface area contributed by atoms with Gasteiger partial charge in [0.25, 0.3) is 7.82 Å². The van der Waals surface area contributed by atoms with Crippen LogP contribution in [0.1, 0.15) is 0 Å². The van der Waals surface area contributed by atoms with E-state index in [1.54, 1.807) is 0 Å². The summed E-state index contributed by atoms with van der Waals surface area (Å²) in [6.07, 6.45) is 0. The van der Waals surface area contributed by atoms with E-state index in [1.807, 2.05) is 0 Å². The lowest BCUT2D eigenvalue weighted by Crippen LogP contribution is -2.30. The largest absolute Gasteiger partial charge is 0.766 e. The van der Waals surface area contributed by atoms with Gasteiger partial charge in [-0.25, -0.2) is 0 Å². The number of hydrogen-bond acceptors (Lipinski definition) is 8. The van der Waals surface area contributed by atoms with Gasteiger partial charge in [0.05, 0.1) is 0 Å². The highest BCUT2D eigenvalue weighted by Crippen LogP contribution is 2.68. The van der Waals surface area contributed by atoms with Gasteiger partial charge >= 0.3 is 0 Å². The molecule has 2 unspecified atom stereocenters. The molecule has 1 heterocycles. The minimum absolute atomic E-state index is 0.871. The summed E-state index contributed by atoms with van der Waals surface area (Å²) in [4.78, 5) is 31.9. The monoisotopic (exact) mass is 236 g/mol. The Morgan fingerprint density at radius 2 is 1.25 bits per heavy atom. The fourth-order valence-electron chi connectivity index (χ4n) is 0.465. The van der Waals surface area contributed by atoms with Crippen LogP contribution in [-0.2, 0) is 22.3 Å². The lowest BCUT2D eigenvalue weighted by Gasteiger charge is -2.42. The van der Waals surface area contributed by atoms with E-state index in [1.165, 1.54) is 0 Å². The van der Waals surface area contributed by atoms with Crippen molar-refractivity contribution in [1.29, 1.82) is 0 Å². The summed E-state index contributed by atoms with van der Waals surface area (Å²) in [5.41, 5.74) is 0. The Hall–Kier alpha value is 0.450. The first-order chi connectivity index (χ1) is 5.12. The quantitative estimate of drug-likeness (QED) is 0.471. The van der Waals surface area contributed by atoms with Gasteiger partial charge in [0.1, 0.15) is 0 Å². The van der Waals surface area contributed by atoms with Crippen molar-refractivity contribution in [2.75, 3.05) is 0 Å². The van der Waals surface area contributed by atoms with Crippen molar-refractivity contribution >= 4 is 23.3 Å². The van der Waals surface area contributed by atoms with Crippen LogP contribution in [-0.4, -0.2) is 0 Å². The summed E-state index contributed by atoms with van der Waals surface area (Å²) in [5, 5.41) is 0. The first kappa shape index (κ1) is 10.5. The standard InChI is InChI=1S/H4NO8P3/c2-10(3)1-11(4,5)9-12(6,7)8-10/h(H,6,7)(H3,1,2,3,4,5)/p-3. The van der Waals surface area contributed by atoms with E-state index in [4.69, 9.17) is 0 Å². The average Bonchev–Trinajstić information content (AvgIpc) is 1.44. The Labute approximate surface area is 66.1 Å². The van der Waals surface area contributed by atoms with Crippen LogP contribution in [0.3, 0.4) is 0 Å². The van der Waals surface area contributed by atoms with Gasteiger partial charge < -0.3 is 14.7 Å². The summed E-state index contributed by atoms with van der Waals surface area (Å²) in [6, 6.07) is 0. The van der Waals surface area contributed by atoms with Gasteiger partial charge in [-0.05, 0) is 0 Å². The van der Waals surface area contributed by atoms with Gasteiger partial charge in [0, 0.05) is 0 Å². The van der Waals surface area contributed by atoms with Crippen LogP contribution in [0.25, 0.3) is 0 Å².